The van der Waals surface area contributed by atoms with Crippen LogP contribution in [0.15, 0.2) is 0 Å². The number of carbonyl (C=O) groups is 2. The van der Waals surface area contributed by atoms with Crippen molar-refractivity contribution in [2.24, 2.45) is 0 Å². The quantitative estimate of drug-likeness (QED) is 0.269. The van der Waals surface area contributed by atoms with Gasteiger partial charge in [-0.15, -0.1) is 0 Å². The molecule has 31 heavy (non-hydrogen) atoms. The Hall–Kier alpha value is -0.897. The summed E-state index contributed by atoms with van der Waals surface area (Å²) in [5, 5.41) is 33.3. The first kappa shape index (κ1) is 57.3. The molecule has 0 heterocycles. The van der Waals surface area contributed by atoms with Crippen molar-refractivity contribution >= 4 is 22.7 Å². The van der Waals surface area contributed by atoms with E-state index >= 15 is 0 Å². The van der Waals surface area contributed by atoms with E-state index in [9.17, 15) is 0 Å². The van der Waals surface area contributed by atoms with Crippen LogP contribution < -0.4 is 20.4 Å². The molecular formula is C10H24Co2N8O10S-8. The average molecular weight is 566 g/mol. The van der Waals surface area contributed by atoms with E-state index in [2.05, 4.69) is 0 Å². The summed E-state index contributed by atoms with van der Waals surface area (Å²) in [5.41, 5.74) is 50.1. The number of nitrogens with one attached hydrogen (secondary N) is 8. The Morgan fingerprint density at radius 1 is 0.484 bits per heavy atom. The summed E-state index contributed by atoms with van der Waals surface area (Å²) in [5.74, 6) is 0. The number of carbonyl (C=O) groups excluding carboxylic acids is 2. The van der Waals surface area contributed by atoms with Gasteiger partial charge in [-0.3, -0.25) is 8.42 Å². The van der Waals surface area contributed by atoms with Gasteiger partial charge in [-0.25, -0.2) is 0 Å². The van der Waals surface area contributed by atoms with E-state index in [-0.39, 0.29) is 85.9 Å². The second-order valence-corrected chi connectivity index (χ2v) is 3.72. The van der Waals surface area contributed by atoms with E-state index in [0.29, 0.717) is 0 Å². The summed E-state index contributed by atoms with van der Waals surface area (Å²) in [4.78, 5) is 16.7. The zero-order valence-electron chi connectivity index (χ0n) is 15.8. The smallest absolute Gasteiger partial charge is 0.759 e. The van der Waals surface area contributed by atoms with Crippen molar-refractivity contribution in [3.8, 4) is 0 Å². The van der Waals surface area contributed by atoms with Crippen molar-refractivity contribution in [3.63, 3.8) is 0 Å². The fourth-order valence-corrected chi connectivity index (χ4v) is 0. The fourth-order valence-electron chi connectivity index (χ4n) is 0. The third kappa shape index (κ3) is 2220. The van der Waals surface area contributed by atoms with Gasteiger partial charge in [0.2, 0.25) is 0 Å². The molecule has 196 valence electrons. The van der Waals surface area contributed by atoms with Crippen LogP contribution in [0.25, 0.3) is 45.9 Å². The van der Waals surface area contributed by atoms with Crippen LogP contribution in [0.3, 0.4) is 0 Å². The third-order valence-corrected chi connectivity index (χ3v) is 0.500. The first-order valence-corrected chi connectivity index (χ1v) is 8.05. The first-order valence-electron chi connectivity index (χ1n) is 6.72. The largest absolute Gasteiger partial charge is 3.00 e. The van der Waals surface area contributed by atoms with Crippen molar-refractivity contribution in [3.05, 3.63) is 45.9 Å². The first-order chi connectivity index (χ1) is 13.1. The molecule has 0 rings (SSSR count). The zero-order valence-corrected chi connectivity index (χ0v) is 18.7. The summed E-state index contributed by atoms with van der Waals surface area (Å²) in [6, 6.07) is 0. The number of hydrogen-bond donors (Lipinski definition) is 0. The van der Waals surface area contributed by atoms with Crippen molar-refractivity contribution in [2.75, 3.05) is 52.4 Å². The van der Waals surface area contributed by atoms with E-state index in [1.165, 1.54) is 0 Å². The van der Waals surface area contributed by atoms with Gasteiger partial charge in [0.1, 0.15) is 0 Å². The molecule has 8 N–H and O–H groups in total. The molecule has 0 saturated heterocycles. The molecule has 0 aliphatic heterocycles. The van der Waals surface area contributed by atoms with E-state index < -0.39 is 22.7 Å². The van der Waals surface area contributed by atoms with Gasteiger partial charge in [-0.05, 0) is 12.3 Å². The van der Waals surface area contributed by atoms with Crippen LogP contribution in [-0.2, 0) is 44.0 Å². The van der Waals surface area contributed by atoms with Crippen molar-refractivity contribution in [2.45, 2.75) is 0 Å². The molecule has 0 bridgehead atoms. The van der Waals surface area contributed by atoms with Crippen LogP contribution in [0.2, 0.25) is 0 Å². The normalized spacial score (nSPS) is 7.29. The van der Waals surface area contributed by atoms with Gasteiger partial charge in [0.25, 0.3) is 0 Å². The number of hydrogen-bond acceptors (Lipinski definition) is 10. The minimum Gasteiger partial charge on any atom is -0.759 e. The summed E-state index contributed by atoms with van der Waals surface area (Å²) in [6.07, 6.45) is -4.67. The maximum Gasteiger partial charge on any atom is 3.00 e. The Morgan fingerprint density at radius 2 is 0.516 bits per heavy atom. The third-order valence-electron chi connectivity index (χ3n) is 0.500. The molecule has 0 unspecified atom stereocenters. The summed E-state index contributed by atoms with van der Waals surface area (Å²) in [7, 11) is -5.17. The van der Waals surface area contributed by atoms with Gasteiger partial charge >= 0.3 is 33.6 Å². The Morgan fingerprint density at radius 3 is 0.516 bits per heavy atom. The Balaban J connectivity index is -0.0000000258. The van der Waals surface area contributed by atoms with Crippen molar-refractivity contribution in [1.82, 2.24) is 0 Å². The van der Waals surface area contributed by atoms with Crippen molar-refractivity contribution < 1.29 is 81.1 Å². The zero-order chi connectivity index (χ0) is 25.3. The summed E-state index contributed by atoms with van der Waals surface area (Å²) in [6.45, 7) is 1.89. The minimum atomic E-state index is -5.17. The van der Waals surface area contributed by atoms with Crippen molar-refractivity contribution in [1.29, 1.82) is 0 Å². The van der Waals surface area contributed by atoms with Gasteiger partial charge in [-0.2, -0.15) is 52.4 Å². The molecule has 0 atom stereocenters. The molecule has 0 spiro atoms. The van der Waals surface area contributed by atoms with E-state index in [1.807, 2.05) is 0 Å². The number of rotatable bonds is 4. The molecule has 0 amide bonds. The summed E-state index contributed by atoms with van der Waals surface area (Å²) >= 11 is 0. The van der Waals surface area contributed by atoms with Crippen LogP contribution in [0, 0.1) is 0 Å². The Labute approximate surface area is 202 Å². The SMILES string of the molecule is O=C([O-])[O-].O=C([O-])[O-].O=S(=O)([O-])[O-].[Co+3].[Co+3].[NH-]CC[NH-].[NH-]CC[NH-].[NH-]CC[NH-].[NH-]CC[NH-]. The van der Waals surface area contributed by atoms with Gasteiger partial charge < -0.3 is 85.0 Å². The molecule has 21 heteroatoms. The number of carboxylic acid groups (broad SMARTS) is 4. The molecule has 0 aliphatic carbocycles. The van der Waals surface area contributed by atoms with E-state index in [4.69, 9.17) is 93.4 Å². The minimum absolute atomic E-state index is 0. The maximum atomic E-state index is 8.52. The Bertz CT molecular complexity index is 334. The van der Waals surface area contributed by atoms with Crippen LogP contribution in [-0.4, -0.2) is 82.2 Å². The predicted molar refractivity (Wildman–Crippen MR) is 94.8 cm³/mol. The van der Waals surface area contributed by atoms with Gasteiger partial charge in [0.15, 0.2) is 0 Å². The molecule has 0 saturated carbocycles. The van der Waals surface area contributed by atoms with Gasteiger partial charge in [0.05, 0.1) is 0 Å². The average Bonchev–Trinajstić information content (AvgIpc) is 2.59. The molecule has 0 aromatic rings. The molecule has 0 radical (unpaired) electrons. The van der Waals surface area contributed by atoms with Crippen LogP contribution in [0.4, 0.5) is 9.59 Å². The second-order valence-electron chi connectivity index (χ2n) is 2.91. The van der Waals surface area contributed by atoms with Gasteiger partial charge in [0, 0.05) is 10.4 Å². The van der Waals surface area contributed by atoms with Crippen LogP contribution in [0.1, 0.15) is 0 Å². The fraction of sp³-hybridized carbons (Fsp3) is 0.800. The molecule has 0 aliphatic rings. The molecule has 0 fully saturated rings. The van der Waals surface area contributed by atoms with E-state index in [0.717, 1.165) is 0 Å². The summed E-state index contributed by atoms with van der Waals surface area (Å²) < 4.78 is 34.1. The standard InChI is InChI=1S/4C2H6N2.2CH2O3.2Co.H2O4S/c4*3-1-2-4;2*2-1(3)4;;;1-5(2,3)4/h4*3-4H,1-2H2;2*(H2,2,3,4);;;(H2,1,2,3,4)/q4*-2;;;2*+3;/p-6. The van der Waals surface area contributed by atoms with Crippen LogP contribution >= 0.6 is 0 Å². The Kier molecular flexibility index (Phi) is 116. The predicted octanol–water partition coefficient (Wildman–Crippen LogP) is -1.87. The molecule has 18 nitrogen and oxygen atoms in total. The molecule has 0 aromatic heterocycles. The monoisotopic (exact) mass is 566 g/mol. The molecular weight excluding hydrogens is 542 g/mol. The van der Waals surface area contributed by atoms with E-state index in [1.54, 1.807) is 0 Å². The van der Waals surface area contributed by atoms with Gasteiger partial charge in [-0.1, -0.05) is 0 Å². The topological polar surface area (TPSA) is 397 Å². The van der Waals surface area contributed by atoms with Crippen LogP contribution in [0.5, 0.6) is 0 Å². The molecule has 0 aromatic carbocycles. The second kappa shape index (κ2) is 63.0. The maximum absolute atomic E-state index is 8.52.